The zero-order chi connectivity index (χ0) is 23.6. The minimum atomic E-state index is -4.74. The summed E-state index contributed by atoms with van der Waals surface area (Å²) < 4.78 is 77.9. The van der Waals surface area contributed by atoms with Crippen LogP contribution in [-0.4, -0.2) is 64.3 Å². The molecule has 2 fully saturated rings. The molecule has 180 valence electrons. The topological polar surface area (TPSA) is 111 Å². The summed E-state index contributed by atoms with van der Waals surface area (Å²) >= 11 is 0. The number of aromatic amines is 1. The maximum atomic E-state index is 14.3. The number of imidazole rings is 1. The van der Waals surface area contributed by atoms with Gasteiger partial charge in [-0.25, -0.2) is 9.37 Å². The highest BCUT2D eigenvalue weighted by molar-refractivity contribution is 5.76. The first kappa shape index (κ1) is 21.4. The lowest BCUT2D eigenvalue weighted by molar-refractivity contribution is -0.137. The Labute approximate surface area is 189 Å². The van der Waals surface area contributed by atoms with Crippen molar-refractivity contribution < 1.29 is 41.6 Å². The van der Waals surface area contributed by atoms with Crippen molar-refractivity contribution in [3.63, 3.8) is 0 Å². The summed E-state index contributed by atoms with van der Waals surface area (Å²) in [4.78, 5) is 10.9. The van der Waals surface area contributed by atoms with Gasteiger partial charge in [0.2, 0.25) is 0 Å². The van der Waals surface area contributed by atoms with Crippen LogP contribution >= 0.6 is 0 Å². The highest BCUT2D eigenvalue weighted by atomic mass is 19.4. The molecule has 5 heterocycles. The first-order chi connectivity index (χ1) is 16.3. The average Bonchev–Trinajstić information content (AvgIpc) is 3.54. The summed E-state index contributed by atoms with van der Waals surface area (Å²) in [5.41, 5.74) is -0.935. The van der Waals surface area contributed by atoms with Gasteiger partial charge in [0.1, 0.15) is 47.9 Å². The number of hydrogen-bond donors (Lipinski definition) is 3. The van der Waals surface area contributed by atoms with E-state index in [0.29, 0.717) is 0 Å². The lowest BCUT2D eigenvalue weighted by Crippen LogP contribution is -2.34. The van der Waals surface area contributed by atoms with Crippen LogP contribution in [-0.2, 0) is 15.7 Å². The molecule has 0 radical (unpaired) electrons. The number of H-pyrrole nitrogens is 1. The number of alkyl halides is 3. The summed E-state index contributed by atoms with van der Waals surface area (Å²) in [5, 5.41) is 12.5. The van der Waals surface area contributed by atoms with Gasteiger partial charge in [0.25, 0.3) is 6.01 Å². The molecule has 0 aliphatic carbocycles. The molecule has 6 rings (SSSR count). The SMILES string of the molecule is O[C@@H]1CO[C@H]2[C@@H]1OC[C@H]2Oc1nc2nc(N[C@@H]3COc4cccc(F)c43)c(C(F)(F)F)cc2[nH]1. The molecule has 0 unspecified atom stereocenters. The number of aromatic nitrogens is 3. The van der Waals surface area contributed by atoms with Crippen molar-refractivity contribution in [2.24, 2.45) is 0 Å². The fourth-order valence-corrected chi connectivity index (χ4v) is 4.51. The molecule has 3 aromatic rings. The van der Waals surface area contributed by atoms with Gasteiger partial charge < -0.3 is 34.4 Å². The number of pyridine rings is 1. The van der Waals surface area contributed by atoms with Gasteiger partial charge in [-0.15, -0.1) is 0 Å². The summed E-state index contributed by atoms with van der Waals surface area (Å²) in [7, 11) is 0. The Morgan fingerprint density at radius 2 is 1.94 bits per heavy atom. The van der Waals surface area contributed by atoms with Gasteiger partial charge in [0.15, 0.2) is 11.8 Å². The Hall–Kier alpha value is -3.16. The Balaban J connectivity index is 1.31. The van der Waals surface area contributed by atoms with Crippen LogP contribution in [0, 0.1) is 5.82 Å². The molecule has 0 saturated carbocycles. The van der Waals surface area contributed by atoms with E-state index in [-0.39, 0.29) is 48.3 Å². The van der Waals surface area contributed by atoms with E-state index in [0.717, 1.165) is 6.07 Å². The van der Waals surface area contributed by atoms with Gasteiger partial charge in [-0.3, -0.25) is 0 Å². The van der Waals surface area contributed by atoms with Gasteiger partial charge >= 0.3 is 6.18 Å². The molecule has 1 aromatic carbocycles. The van der Waals surface area contributed by atoms with Crippen LogP contribution in [0.4, 0.5) is 23.4 Å². The highest BCUT2D eigenvalue weighted by Crippen LogP contribution is 2.40. The number of rotatable bonds is 4. The van der Waals surface area contributed by atoms with Crippen LogP contribution in [0.5, 0.6) is 11.8 Å². The predicted octanol–water partition coefficient (Wildman–Crippen LogP) is 2.57. The van der Waals surface area contributed by atoms with E-state index in [1.165, 1.54) is 12.1 Å². The van der Waals surface area contributed by atoms with Crippen LogP contribution in [0.25, 0.3) is 11.2 Å². The molecule has 0 bridgehead atoms. The molecule has 34 heavy (non-hydrogen) atoms. The summed E-state index contributed by atoms with van der Waals surface area (Å²) in [6.07, 6.45) is -7.16. The molecule has 13 heteroatoms. The molecule has 2 aromatic heterocycles. The first-order valence-corrected chi connectivity index (χ1v) is 10.5. The van der Waals surface area contributed by atoms with Crippen LogP contribution in [0.15, 0.2) is 24.3 Å². The molecule has 0 spiro atoms. The molecule has 2 saturated heterocycles. The van der Waals surface area contributed by atoms with Gasteiger partial charge in [-0.1, -0.05) is 6.07 Å². The number of nitrogens with one attached hydrogen (secondary N) is 2. The minimum absolute atomic E-state index is 0.00460. The van der Waals surface area contributed by atoms with E-state index in [9.17, 15) is 22.7 Å². The largest absolute Gasteiger partial charge is 0.491 e. The Morgan fingerprint density at radius 3 is 2.76 bits per heavy atom. The predicted molar refractivity (Wildman–Crippen MR) is 107 cm³/mol. The quantitative estimate of drug-likeness (QED) is 0.487. The fraction of sp³-hybridized carbons (Fsp3) is 0.429. The van der Waals surface area contributed by atoms with Crippen molar-refractivity contribution in [3.05, 3.63) is 41.2 Å². The van der Waals surface area contributed by atoms with Crippen molar-refractivity contribution in [2.45, 2.75) is 36.6 Å². The Bertz CT molecular complexity index is 1250. The van der Waals surface area contributed by atoms with Gasteiger partial charge in [-0.05, 0) is 18.2 Å². The molecule has 5 atom stereocenters. The van der Waals surface area contributed by atoms with Crippen LogP contribution < -0.4 is 14.8 Å². The first-order valence-electron chi connectivity index (χ1n) is 10.5. The van der Waals surface area contributed by atoms with E-state index in [1.54, 1.807) is 6.07 Å². The second kappa shape index (κ2) is 7.68. The van der Waals surface area contributed by atoms with E-state index in [2.05, 4.69) is 20.3 Å². The molecule has 3 N–H and O–H groups in total. The molecule has 9 nitrogen and oxygen atoms in total. The number of benzene rings is 1. The summed E-state index contributed by atoms with van der Waals surface area (Å²) in [6, 6.07) is 4.16. The van der Waals surface area contributed by atoms with Gasteiger partial charge in [-0.2, -0.15) is 18.2 Å². The zero-order valence-electron chi connectivity index (χ0n) is 17.3. The smallest absolute Gasteiger partial charge is 0.420 e. The van der Waals surface area contributed by atoms with Crippen LogP contribution in [0.2, 0.25) is 0 Å². The number of ether oxygens (including phenoxy) is 4. The van der Waals surface area contributed by atoms with E-state index < -0.39 is 53.8 Å². The van der Waals surface area contributed by atoms with E-state index >= 15 is 0 Å². The normalized spacial score (nSPS) is 28.1. The third kappa shape index (κ3) is 3.51. The molecule has 3 aliphatic rings. The lowest BCUT2D eigenvalue weighted by atomic mass is 10.1. The standard InChI is InChI=1S/C21H18F4N4O5/c22-9-2-1-3-13-15(9)11(5-31-13)26-18-8(21(23,24)25)4-10-19(28-18)29-20(27-10)34-14-7-33-16-12(30)6-32-17(14)16/h1-4,11-12,14,16-17,30H,5-7H2,(H2,26,27,28,29)/t11-,12-,14-,16-,17-/m1/s1. The lowest BCUT2D eigenvalue weighted by Gasteiger charge is -2.17. The van der Waals surface area contributed by atoms with Gasteiger partial charge in [0.05, 0.1) is 30.3 Å². The Kier molecular flexibility index (Phi) is 4.83. The van der Waals surface area contributed by atoms with Crippen molar-refractivity contribution in [2.75, 3.05) is 25.1 Å². The monoisotopic (exact) mass is 482 g/mol. The highest BCUT2D eigenvalue weighted by Gasteiger charge is 2.48. The summed E-state index contributed by atoms with van der Waals surface area (Å²) in [5.74, 6) is -0.831. The number of aliphatic hydroxyl groups excluding tert-OH is 1. The average molecular weight is 482 g/mol. The molecular weight excluding hydrogens is 464 g/mol. The number of hydrogen-bond acceptors (Lipinski definition) is 8. The van der Waals surface area contributed by atoms with Crippen molar-refractivity contribution in [1.82, 2.24) is 15.0 Å². The maximum Gasteiger partial charge on any atom is 0.420 e. The second-order valence-electron chi connectivity index (χ2n) is 8.27. The van der Waals surface area contributed by atoms with Crippen LogP contribution in [0.1, 0.15) is 17.2 Å². The summed E-state index contributed by atoms with van der Waals surface area (Å²) in [6.45, 7) is 0.178. The molecule has 3 aliphatic heterocycles. The van der Waals surface area contributed by atoms with Crippen molar-refractivity contribution in [3.8, 4) is 11.8 Å². The number of fused-ring (bicyclic) bond motifs is 3. The fourth-order valence-electron chi connectivity index (χ4n) is 4.51. The second-order valence-corrected chi connectivity index (χ2v) is 8.27. The maximum absolute atomic E-state index is 14.3. The molecular formula is C21H18F4N4O5. The van der Waals surface area contributed by atoms with Crippen LogP contribution in [0.3, 0.4) is 0 Å². The van der Waals surface area contributed by atoms with E-state index in [1.807, 2.05) is 0 Å². The number of halogens is 4. The van der Waals surface area contributed by atoms with Crippen molar-refractivity contribution >= 4 is 17.0 Å². The molecule has 0 amide bonds. The third-order valence-corrected chi connectivity index (χ3v) is 6.08. The van der Waals surface area contributed by atoms with E-state index in [4.69, 9.17) is 18.9 Å². The zero-order valence-corrected chi connectivity index (χ0v) is 17.3. The van der Waals surface area contributed by atoms with Gasteiger partial charge in [0, 0.05) is 0 Å². The number of aliphatic hydroxyl groups is 1. The number of nitrogens with zero attached hydrogens (tertiary/aromatic N) is 2. The minimum Gasteiger partial charge on any atom is -0.491 e. The Morgan fingerprint density at radius 1 is 1.12 bits per heavy atom. The number of anilines is 1. The van der Waals surface area contributed by atoms with Crippen molar-refractivity contribution in [1.29, 1.82) is 0 Å². The third-order valence-electron chi connectivity index (χ3n) is 6.08.